The van der Waals surface area contributed by atoms with Crippen molar-refractivity contribution in [2.45, 2.75) is 6.92 Å². The van der Waals surface area contributed by atoms with Crippen LogP contribution in [0.4, 0.5) is 11.4 Å². The predicted molar refractivity (Wildman–Crippen MR) is 137 cm³/mol. The van der Waals surface area contributed by atoms with Gasteiger partial charge in [-0.2, -0.15) is 5.10 Å². The van der Waals surface area contributed by atoms with Gasteiger partial charge in [-0.25, -0.2) is 4.98 Å². The van der Waals surface area contributed by atoms with Crippen LogP contribution in [0.25, 0.3) is 20.8 Å². The molecule has 0 amide bonds. The van der Waals surface area contributed by atoms with E-state index >= 15 is 0 Å². The van der Waals surface area contributed by atoms with Crippen molar-refractivity contribution in [3.63, 3.8) is 0 Å². The van der Waals surface area contributed by atoms with Crippen molar-refractivity contribution >= 4 is 39.1 Å². The molecule has 32 heavy (non-hydrogen) atoms. The Morgan fingerprint density at radius 3 is 2.44 bits per heavy atom. The molecule has 4 aromatic rings. The molecule has 162 valence electrons. The fourth-order valence-electron chi connectivity index (χ4n) is 3.86. The Labute approximate surface area is 193 Å². The fraction of sp³-hybridized carbons (Fsp3) is 0.231. The van der Waals surface area contributed by atoms with E-state index in [1.807, 2.05) is 18.3 Å². The number of fused-ring (bicyclic) bond motifs is 1. The highest BCUT2D eigenvalue weighted by atomic mass is 32.1. The van der Waals surface area contributed by atoms with Crippen molar-refractivity contribution in [3.8, 4) is 10.6 Å². The third kappa shape index (κ3) is 4.66. The number of likely N-dealkylation sites (N-methyl/N-ethyl adjacent to an activating group) is 1. The number of benzene rings is 3. The van der Waals surface area contributed by atoms with Gasteiger partial charge in [-0.15, -0.1) is 11.3 Å². The molecule has 0 spiro atoms. The maximum Gasteiger partial charge on any atom is 0.124 e. The lowest BCUT2D eigenvalue weighted by Crippen LogP contribution is -2.44. The molecule has 1 aliphatic rings. The van der Waals surface area contributed by atoms with Crippen molar-refractivity contribution in [2.24, 2.45) is 5.10 Å². The van der Waals surface area contributed by atoms with Crippen molar-refractivity contribution in [2.75, 3.05) is 43.6 Å². The summed E-state index contributed by atoms with van der Waals surface area (Å²) in [6.07, 6.45) is 1.86. The standard InChI is InChI=1S/C26H27N5S/c1-19-3-12-24-25(17-19)32-26(28-24)21-6-8-22(9-7-21)29-27-18-20-4-10-23(11-5-20)31-15-13-30(2)14-16-31/h3-12,17-18,29H,13-16H2,1-2H3/b27-18+. The van der Waals surface area contributed by atoms with Crippen LogP contribution >= 0.6 is 11.3 Å². The number of piperazine rings is 1. The molecule has 1 aromatic heterocycles. The first kappa shape index (κ1) is 20.7. The van der Waals surface area contributed by atoms with Crippen LogP contribution < -0.4 is 10.3 Å². The monoisotopic (exact) mass is 441 g/mol. The van der Waals surface area contributed by atoms with Gasteiger partial charge in [0, 0.05) is 37.4 Å². The van der Waals surface area contributed by atoms with E-state index in [4.69, 9.17) is 4.98 Å². The van der Waals surface area contributed by atoms with E-state index in [9.17, 15) is 0 Å². The summed E-state index contributed by atoms with van der Waals surface area (Å²) in [7, 11) is 2.18. The smallest absolute Gasteiger partial charge is 0.124 e. The Bertz CT molecular complexity index is 1220. The Morgan fingerprint density at radius 1 is 0.938 bits per heavy atom. The summed E-state index contributed by atoms with van der Waals surface area (Å²) in [4.78, 5) is 9.57. The molecule has 1 N–H and O–H groups in total. The number of aromatic nitrogens is 1. The maximum atomic E-state index is 4.76. The van der Waals surface area contributed by atoms with Crippen LogP contribution in [-0.2, 0) is 0 Å². The van der Waals surface area contributed by atoms with Crippen LogP contribution in [0, 0.1) is 6.92 Å². The zero-order valence-electron chi connectivity index (χ0n) is 18.5. The van der Waals surface area contributed by atoms with Crippen molar-refractivity contribution < 1.29 is 0 Å². The number of thiazole rings is 1. The zero-order valence-corrected chi connectivity index (χ0v) is 19.3. The van der Waals surface area contributed by atoms with Crippen LogP contribution in [0.5, 0.6) is 0 Å². The molecule has 1 fully saturated rings. The molecule has 5 nitrogen and oxygen atoms in total. The van der Waals surface area contributed by atoms with Gasteiger partial charge in [-0.05, 0) is 73.6 Å². The number of anilines is 2. The quantitative estimate of drug-likeness (QED) is 0.329. The lowest BCUT2D eigenvalue weighted by atomic mass is 10.2. The van der Waals surface area contributed by atoms with E-state index in [0.29, 0.717) is 0 Å². The largest absolute Gasteiger partial charge is 0.369 e. The second-order valence-corrected chi connectivity index (χ2v) is 9.35. The Kier molecular flexibility index (Phi) is 5.88. The van der Waals surface area contributed by atoms with Gasteiger partial charge < -0.3 is 9.80 Å². The maximum absolute atomic E-state index is 4.76. The van der Waals surface area contributed by atoms with Gasteiger partial charge in [-0.3, -0.25) is 5.43 Å². The summed E-state index contributed by atoms with van der Waals surface area (Å²) < 4.78 is 1.23. The zero-order chi connectivity index (χ0) is 21.9. The first-order valence-electron chi connectivity index (χ1n) is 10.9. The minimum Gasteiger partial charge on any atom is -0.369 e. The van der Waals surface area contributed by atoms with Gasteiger partial charge in [0.15, 0.2) is 0 Å². The number of nitrogens with one attached hydrogen (secondary N) is 1. The summed E-state index contributed by atoms with van der Waals surface area (Å²) >= 11 is 1.73. The second-order valence-electron chi connectivity index (χ2n) is 8.32. The molecule has 1 saturated heterocycles. The van der Waals surface area contributed by atoms with Crippen LogP contribution in [0.3, 0.4) is 0 Å². The van der Waals surface area contributed by atoms with E-state index in [1.165, 1.54) is 16.0 Å². The van der Waals surface area contributed by atoms with Crippen molar-refractivity contribution in [3.05, 3.63) is 77.9 Å². The molecule has 0 aliphatic carbocycles. The van der Waals surface area contributed by atoms with Gasteiger partial charge in [0.05, 0.1) is 22.1 Å². The van der Waals surface area contributed by atoms with Crippen molar-refractivity contribution in [1.29, 1.82) is 0 Å². The van der Waals surface area contributed by atoms with Gasteiger partial charge in [0.1, 0.15) is 5.01 Å². The number of rotatable bonds is 5. The average molecular weight is 442 g/mol. The van der Waals surface area contributed by atoms with E-state index in [-0.39, 0.29) is 0 Å². The highest BCUT2D eigenvalue weighted by Gasteiger charge is 2.13. The molecule has 0 saturated carbocycles. The van der Waals surface area contributed by atoms with Crippen LogP contribution in [0.2, 0.25) is 0 Å². The summed E-state index contributed by atoms with van der Waals surface area (Å²) in [5.74, 6) is 0. The Balaban J connectivity index is 1.20. The molecule has 0 unspecified atom stereocenters. The minimum atomic E-state index is 0.955. The number of aryl methyl sites for hydroxylation is 1. The number of hydrogen-bond donors (Lipinski definition) is 1. The van der Waals surface area contributed by atoms with Gasteiger partial charge in [0.2, 0.25) is 0 Å². The molecule has 6 heteroatoms. The molecule has 1 aliphatic heterocycles. The molecule has 0 atom stereocenters. The average Bonchev–Trinajstić information content (AvgIpc) is 3.24. The lowest BCUT2D eigenvalue weighted by molar-refractivity contribution is 0.313. The van der Waals surface area contributed by atoms with E-state index in [2.05, 4.69) is 88.9 Å². The van der Waals surface area contributed by atoms with E-state index < -0.39 is 0 Å². The summed E-state index contributed by atoms with van der Waals surface area (Å²) in [5, 5.41) is 5.45. The Morgan fingerprint density at radius 2 is 1.69 bits per heavy atom. The van der Waals surface area contributed by atoms with Gasteiger partial charge in [0.25, 0.3) is 0 Å². The van der Waals surface area contributed by atoms with Crippen LogP contribution in [-0.4, -0.2) is 49.3 Å². The van der Waals surface area contributed by atoms with E-state index in [1.54, 1.807) is 11.3 Å². The lowest BCUT2D eigenvalue weighted by Gasteiger charge is -2.34. The molecule has 3 aromatic carbocycles. The summed E-state index contributed by atoms with van der Waals surface area (Å²) in [6, 6.07) is 23.3. The Hall–Kier alpha value is -3.22. The predicted octanol–water partition coefficient (Wildman–Crippen LogP) is 5.47. The highest BCUT2D eigenvalue weighted by Crippen LogP contribution is 2.31. The third-order valence-corrected chi connectivity index (χ3v) is 6.91. The number of hydrazone groups is 1. The molecule has 2 heterocycles. The summed E-state index contributed by atoms with van der Waals surface area (Å²) in [6.45, 7) is 6.51. The third-order valence-electron chi connectivity index (χ3n) is 5.84. The fourth-order valence-corrected chi connectivity index (χ4v) is 4.93. The molecule has 0 bridgehead atoms. The van der Waals surface area contributed by atoms with Gasteiger partial charge >= 0.3 is 0 Å². The number of nitrogens with zero attached hydrogens (tertiary/aromatic N) is 4. The first-order valence-corrected chi connectivity index (χ1v) is 11.8. The van der Waals surface area contributed by atoms with E-state index in [0.717, 1.165) is 53.5 Å². The van der Waals surface area contributed by atoms with Gasteiger partial charge in [-0.1, -0.05) is 18.2 Å². The SMILES string of the molecule is Cc1ccc2nc(-c3ccc(N/N=C/c4ccc(N5CCN(C)CC5)cc4)cc3)sc2c1. The minimum absolute atomic E-state index is 0.955. The topological polar surface area (TPSA) is 43.8 Å². The summed E-state index contributed by atoms with van der Waals surface area (Å²) in [5.41, 5.74) is 9.88. The highest BCUT2D eigenvalue weighted by molar-refractivity contribution is 7.21. The first-order chi connectivity index (χ1) is 15.6. The molecular weight excluding hydrogens is 414 g/mol. The normalized spacial score (nSPS) is 15.0. The molecular formula is C26H27N5S. The number of hydrogen-bond acceptors (Lipinski definition) is 6. The van der Waals surface area contributed by atoms with Crippen LogP contribution in [0.15, 0.2) is 71.8 Å². The van der Waals surface area contributed by atoms with Crippen molar-refractivity contribution in [1.82, 2.24) is 9.88 Å². The van der Waals surface area contributed by atoms with Crippen LogP contribution in [0.1, 0.15) is 11.1 Å². The molecule has 5 rings (SSSR count). The molecule has 0 radical (unpaired) electrons. The second kappa shape index (κ2) is 9.10.